The van der Waals surface area contributed by atoms with Crippen molar-refractivity contribution < 1.29 is 9.59 Å². The largest absolute Gasteiger partial charge is 0.303 e. The summed E-state index contributed by atoms with van der Waals surface area (Å²) in [7, 11) is 0. The summed E-state index contributed by atoms with van der Waals surface area (Å²) in [4.78, 5) is 34.5. The van der Waals surface area contributed by atoms with Crippen LogP contribution in [0.1, 0.15) is 41.1 Å². The minimum atomic E-state index is -0.591. The molecule has 1 fully saturated rings. The summed E-state index contributed by atoms with van der Waals surface area (Å²) < 4.78 is 0. The van der Waals surface area contributed by atoms with Crippen molar-refractivity contribution in [3.8, 4) is 0 Å². The number of hydrogen-bond donors (Lipinski definition) is 0. The quantitative estimate of drug-likeness (QED) is 0.409. The third kappa shape index (κ3) is 4.11. The van der Waals surface area contributed by atoms with Gasteiger partial charge in [-0.2, -0.15) is 0 Å². The first-order chi connectivity index (χ1) is 14.2. The van der Waals surface area contributed by atoms with Gasteiger partial charge in [-0.3, -0.25) is 14.6 Å². The van der Waals surface area contributed by atoms with Crippen molar-refractivity contribution >= 4 is 35.3 Å². The van der Waals surface area contributed by atoms with Crippen LogP contribution < -0.4 is 4.90 Å². The summed E-state index contributed by atoms with van der Waals surface area (Å²) >= 11 is 6.29. The van der Waals surface area contributed by atoms with Crippen molar-refractivity contribution in [2.45, 2.75) is 25.2 Å². The molecule has 0 saturated carbocycles. The number of halogens is 1. The molecule has 29 heavy (non-hydrogen) atoms. The second-order valence-electron chi connectivity index (χ2n) is 7.45. The number of para-hydroxylation sites is 1. The van der Waals surface area contributed by atoms with E-state index in [0.29, 0.717) is 28.4 Å². The van der Waals surface area contributed by atoms with Gasteiger partial charge >= 0.3 is 0 Å². The number of carbonyl (C=O) groups is 2. The van der Waals surface area contributed by atoms with Crippen molar-refractivity contribution in [1.29, 1.82) is 0 Å². The van der Waals surface area contributed by atoms with Crippen molar-refractivity contribution in [1.82, 2.24) is 4.90 Å². The van der Waals surface area contributed by atoms with Gasteiger partial charge in [-0.25, -0.2) is 4.90 Å². The highest BCUT2D eigenvalue weighted by molar-refractivity contribution is 6.37. The van der Waals surface area contributed by atoms with E-state index >= 15 is 0 Å². The highest BCUT2D eigenvalue weighted by Crippen LogP contribution is 2.35. The minimum absolute atomic E-state index is 0.315. The van der Waals surface area contributed by atoms with Gasteiger partial charge in [0, 0.05) is 18.3 Å². The highest BCUT2D eigenvalue weighted by Gasteiger charge is 2.39. The van der Waals surface area contributed by atoms with Crippen LogP contribution in [0.4, 0.5) is 5.69 Å². The molecule has 0 N–H and O–H groups in total. The maximum atomic E-state index is 13.3. The molecule has 2 aliphatic heterocycles. The Kier molecular flexibility index (Phi) is 6.07. The molecule has 2 aliphatic rings. The van der Waals surface area contributed by atoms with Crippen LogP contribution in [0.5, 0.6) is 0 Å². The van der Waals surface area contributed by atoms with Crippen LogP contribution >= 0.6 is 11.6 Å². The number of anilines is 1. The molecule has 0 aromatic heterocycles. The van der Waals surface area contributed by atoms with Crippen LogP contribution in [0, 0.1) is 0 Å². The van der Waals surface area contributed by atoms with Gasteiger partial charge in [0.2, 0.25) is 5.91 Å². The maximum absolute atomic E-state index is 13.3. The Morgan fingerprint density at radius 3 is 2.55 bits per heavy atom. The van der Waals surface area contributed by atoms with Crippen LogP contribution in [-0.2, 0) is 4.79 Å². The van der Waals surface area contributed by atoms with Crippen LogP contribution in [0.2, 0.25) is 5.02 Å². The molecular formula is C23H24ClN3O2. The summed E-state index contributed by atoms with van der Waals surface area (Å²) in [6.07, 6.45) is 5.22. The molecule has 0 unspecified atom stereocenters. The number of benzene rings is 2. The van der Waals surface area contributed by atoms with Crippen LogP contribution in [0.15, 0.2) is 53.5 Å². The topological polar surface area (TPSA) is 53.0 Å². The molecule has 0 aliphatic carbocycles. The number of hydrogen-bond acceptors (Lipinski definition) is 4. The second-order valence-corrected chi connectivity index (χ2v) is 7.86. The number of carbonyl (C=O) groups excluding carboxylic acids is 2. The van der Waals surface area contributed by atoms with Gasteiger partial charge in [0.1, 0.15) is 0 Å². The van der Waals surface area contributed by atoms with Gasteiger partial charge in [0.25, 0.3) is 5.91 Å². The monoisotopic (exact) mass is 409 g/mol. The lowest BCUT2D eigenvalue weighted by molar-refractivity contribution is -0.118. The summed E-state index contributed by atoms with van der Waals surface area (Å²) in [5.74, 6) is -1.26. The molecule has 5 nitrogen and oxygen atoms in total. The molecule has 2 aromatic carbocycles. The predicted molar refractivity (Wildman–Crippen MR) is 116 cm³/mol. The summed E-state index contributed by atoms with van der Waals surface area (Å²) in [6.45, 7) is 4.06. The fourth-order valence-corrected chi connectivity index (χ4v) is 4.25. The molecule has 150 valence electrons. The lowest BCUT2D eigenvalue weighted by atomic mass is 9.89. The lowest BCUT2D eigenvalue weighted by Crippen LogP contribution is -2.45. The Hall–Kier alpha value is -2.50. The van der Waals surface area contributed by atoms with E-state index in [4.69, 9.17) is 11.6 Å². The maximum Gasteiger partial charge on any atom is 0.265 e. The molecular weight excluding hydrogens is 386 g/mol. The number of likely N-dealkylation sites (tertiary alicyclic amines) is 1. The molecule has 1 saturated heterocycles. The van der Waals surface area contributed by atoms with Crippen molar-refractivity contribution in [3.63, 3.8) is 0 Å². The smallest absolute Gasteiger partial charge is 0.265 e. The van der Waals surface area contributed by atoms with Gasteiger partial charge in [0.15, 0.2) is 0 Å². The first-order valence-electron chi connectivity index (χ1n) is 10.1. The number of nitrogens with zero attached hydrogens (tertiary/aromatic N) is 3. The number of fused-ring (bicyclic) bond motifs is 1. The molecule has 4 rings (SSSR count). The number of rotatable bonds is 6. The van der Waals surface area contributed by atoms with Gasteiger partial charge < -0.3 is 4.90 Å². The van der Waals surface area contributed by atoms with Gasteiger partial charge in [-0.1, -0.05) is 41.9 Å². The number of imide groups is 1. The lowest BCUT2D eigenvalue weighted by Gasteiger charge is -2.31. The normalized spacial score (nSPS) is 19.9. The zero-order valence-corrected chi connectivity index (χ0v) is 17.0. The van der Waals surface area contributed by atoms with E-state index in [0.717, 1.165) is 13.0 Å². The molecule has 2 amide bonds. The summed E-state index contributed by atoms with van der Waals surface area (Å²) in [5, 5.41) is 0.370. The Labute approximate surface area is 176 Å². The molecule has 2 aromatic rings. The van der Waals surface area contributed by atoms with E-state index < -0.39 is 5.92 Å². The van der Waals surface area contributed by atoms with Crippen molar-refractivity contribution in [3.05, 3.63) is 64.7 Å². The van der Waals surface area contributed by atoms with Crippen molar-refractivity contribution in [2.75, 3.05) is 31.1 Å². The fraction of sp³-hybridized carbons (Fsp3) is 0.348. The average Bonchev–Trinajstić information content (AvgIpc) is 3.25. The Morgan fingerprint density at radius 2 is 1.76 bits per heavy atom. The van der Waals surface area contributed by atoms with Gasteiger partial charge in [-0.15, -0.1) is 0 Å². The van der Waals surface area contributed by atoms with Gasteiger partial charge in [0.05, 0.1) is 16.6 Å². The van der Waals surface area contributed by atoms with E-state index in [-0.39, 0.29) is 11.8 Å². The SMILES string of the molecule is O=C1c2ccccc2[C@@H](C=NCCCN2CCCC2)C(=O)N1c1ccccc1Cl. The van der Waals surface area contributed by atoms with E-state index in [2.05, 4.69) is 9.89 Å². The second kappa shape index (κ2) is 8.89. The molecule has 6 heteroatoms. The average molecular weight is 410 g/mol. The third-order valence-electron chi connectivity index (χ3n) is 5.52. The van der Waals surface area contributed by atoms with Crippen LogP contribution in [0.3, 0.4) is 0 Å². The minimum Gasteiger partial charge on any atom is -0.303 e. The summed E-state index contributed by atoms with van der Waals surface area (Å²) in [6, 6.07) is 14.1. The third-order valence-corrected chi connectivity index (χ3v) is 5.84. The zero-order valence-electron chi connectivity index (χ0n) is 16.3. The number of amides is 2. The standard InChI is InChI=1S/C23H24ClN3O2/c24-20-10-3-4-11-21(20)27-22(28)18-9-2-1-8-17(18)19(23(27)29)16-25-12-7-15-26-13-5-6-14-26/h1-4,8-11,16,19H,5-7,12-15H2/t19-/m1/s1. The Morgan fingerprint density at radius 1 is 1.03 bits per heavy atom. The summed E-state index contributed by atoms with van der Waals surface area (Å²) in [5.41, 5.74) is 1.63. The first kappa shape index (κ1) is 19.8. The van der Waals surface area contributed by atoms with Crippen molar-refractivity contribution in [2.24, 2.45) is 4.99 Å². The molecule has 0 bridgehead atoms. The van der Waals surface area contributed by atoms with Gasteiger partial charge in [-0.05, 0) is 62.7 Å². The highest BCUT2D eigenvalue weighted by atomic mass is 35.5. The molecule has 0 spiro atoms. The molecule has 1 atom stereocenters. The van der Waals surface area contributed by atoms with Crippen LogP contribution in [-0.4, -0.2) is 49.1 Å². The molecule has 0 radical (unpaired) electrons. The van der Waals surface area contributed by atoms with E-state index in [1.165, 1.54) is 30.8 Å². The Bertz CT molecular complexity index is 937. The predicted octanol–water partition coefficient (Wildman–Crippen LogP) is 4.17. The van der Waals surface area contributed by atoms with E-state index in [1.54, 1.807) is 36.5 Å². The fourth-order valence-electron chi connectivity index (χ4n) is 4.03. The van der Waals surface area contributed by atoms with Crippen LogP contribution in [0.25, 0.3) is 0 Å². The van der Waals surface area contributed by atoms with E-state index in [1.807, 2.05) is 18.2 Å². The first-order valence-corrected chi connectivity index (χ1v) is 10.5. The van der Waals surface area contributed by atoms with E-state index in [9.17, 15) is 9.59 Å². The zero-order chi connectivity index (χ0) is 20.2. The number of aliphatic imine (C=N–C) groups is 1. The molecule has 2 heterocycles. The Balaban J connectivity index is 1.56.